The van der Waals surface area contributed by atoms with Crippen molar-refractivity contribution in [3.63, 3.8) is 0 Å². The number of benzene rings is 1. The van der Waals surface area contributed by atoms with Crippen molar-refractivity contribution in [2.24, 2.45) is 0 Å². The lowest BCUT2D eigenvalue weighted by atomic mass is 10.2. The largest absolute Gasteiger partial charge is 0.370 e. The van der Waals surface area contributed by atoms with E-state index in [0.29, 0.717) is 13.2 Å². The van der Waals surface area contributed by atoms with Crippen molar-refractivity contribution in [1.82, 2.24) is 0 Å². The van der Waals surface area contributed by atoms with Crippen LogP contribution in [0, 0.1) is 0 Å². The van der Waals surface area contributed by atoms with Crippen LogP contribution in [0.1, 0.15) is 5.56 Å². The molecule has 1 aliphatic heterocycles. The molecular weight excluding hydrogens is 180 g/mol. The van der Waals surface area contributed by atoms with Crippen molar-refractivity contribution in [1.29, 1.82) is 0 Å². The van der Waals surface area contributed by atoms with Gasteiger partial charge in [-0.15, -0.1) is 0 Å². The van der Waals surface area contributed by atoms with Gasteiger partial charge in [0.25, 0.3) is 0 Å². The maximum atomic E-state index is 10.6. The van der Waals surface area contributed by atoms with E-state index in [1.54, 1.807) is 0 Å². The van der Waals surface area contributed by atoms with Crippen LogP contribution >= 0.6 is 0 Å². The molecule has 0 saturated carbocycles. The van der Waals surface area contributed by atoms with Crippen LogP contribution in [0.3, 0.4) is 0 Å². The minimum absolute atomic E-state index is 0.0174. The lowest BCUT2D eigenvalue weighted by Crippen LogP contribution is -2.21. The summed E-state index contributed by atoms with van der Waals surface area (Å²) in [6.07, 6.45) is 0.382. The van der Waals surface area contributed by atoms with E-state index in [4.69, 9.17) is 9.47 Å². The van der Waals surface area contributed by atoms with Crippen LogP contribution in [0.2, 0.25) is 0 Å². The first-order valence-electron chi connectivity index (χ1n) is 4.62. The Labute approximate surface area is 82.6 Å². The summed E-state index contributed by atoms with van der Waals surface area (Å²) in [4.78, 5) is 10.6. The third kappa shape index (κ3) is 2.40. The molecule has 1 saturated heterocycles. The molecule has 0 spiro atoms. The van der Waals surface area contributed by atoms with Crippen LogP contribution in [0.5, 0.6) is 0 Å². The summed E-state index contributed by atoms with van der Waals surface area (Å²) >= 11 is 0. The molecule has 3 nitrogen and oxygen atoms in total. The predicted molar refractivity (Wildman–Crippen MR) is 50.8 cm³/mol. The zero-order valence-electron chi connectivity index (χ0n) is 7.76. The van der Waals surface area contributed by atoms with Gasteiger partial charge in [0.15, 0.2) is 6.29 Å². The molecule has 2 atom stereocenters. The number of epoxide rings is 1. The van der Waals surface area contributed by atoms with Crippen molar-refractivity contribution in [3.05, 3.63) is 35.9 Å². The molecule has 1 aromatic rings. The smallest absolute Gasteiger partial charge is 0.151 e. The fraction of sp³-hybridized carbons (Fsp3) is 0.364. The average molecular weight is 192 g/mol. The topological polar surface area (TPSA) is 38.8 Å². The number of carbonyl (C=O) groups is 1. The lowest BCUT2D eigenvalue weighted by molar-refractivity contribution is -0.120. The van der Waals surface area contributed by atoms with E-state index < -0.39 is 6.10 Å². The zero-order chi connectivity index (χ0) is 9.80. The first-order valence-corrected chi connectivity index (χ1v) is 4.62. The molecule has 0 aromatic heterocycles. The summed E-state index contributed by atoms with van der Waals surface area (Å²) in [6, 6.07) is 9.78. The van der Waals surface area contributed by atoms with Crippen molar-refractivity contribution in [2.45, 2.75) is 18.8 Å². The van der Waals surface area contributed by atoms with E-state index in [1.165, 1.54) is 0 Å². The van der Waals surface area contributed by atoms with Crippen LogP contribution in [0.25, 0.3) is 0 Å². The number of carbonyl (C=O) groups excluding carboxylic acids is 1. The van der Waals surface area contributed by atoms with Crippen molar-refractivity contribution in [3.8, 4) is 0 Å². The molecule has 0 amide bonds. The van der Waals surface area contributed by atoms with E-state index in [1.807, 2.05) is 30.3 Å². The highest BCUT2D eigenvalue weighted by Gasteiger charge is 2.33. The molecule has 14 heavy (non-hydrogen) atoms. The standard InChI is InChI=1S/C11H12O3/c12-6-10(11-8-14-11)13-7-9-4-2-1-3-5-9/h1-6,10-11H,7-8H2. The summed E-state index contributed by atoms with van der Waals surface area (Å²) in [7, 11) is 0. The van der Waals surface area contributed by atoms with E-state index in [2.05, 4.69) is 0 Å². The van der Waals surface area contributed by atoms with Gasteiger partial charge in [-0.3, -0.25) is 0 Å². The Morgan fingerprint density at radius 3 is 2.79 bits per heavy atom. The summed E-state index contributed by atoms with van der Waals surface area (Å²) in [5.74, 6) is 0. The van der Waals surface area contributed by atoms with Crippen LogP contribution in [0.4, 0.5) is 0 Å². The first-order chi connectivity index (χ1) is 6.90. The highest BCUT2D eigenvalue weighted by molar-refractivity contribution is 5.57. The van der Waals surface area contributed by atoms with Crippen molar-refractivity contribution < 1.29 is 14.3 Å². The second-order valence-corrected chi connectivity index (χ2v) is 3.27. The molecule has 2 unspecified atom stereocenters. The number of ether oxygens (including phenoxy) is 2. The monoisotopic (exact) mass is 192 g/mol. The van der Waals surface area contributed by atoms with Gasteiger partial charge in [-0.05, 0) is 5.56 Å². The van der Waals surface area contributed by atoms with E-state index >= 15 is 0 Å². The third-order valence-electron chi connectivity index (χ3n) is 2.14. The maximum Gasteiger partial charge on any atom is 0.151 e. The number of hydrogen-bond acceptors (Lipinski definition) is 3. The molecule has 3 heteroatoms. The molecule has 74 valence electrons. The van der Waals surface area contributed by atoms with Crippen LogP contribution in [-0.4, -0.2) is 25.1 Å². The number of hydrogen-bond donors (Lipinski definition) is 0. The molecule has 1 aliphatic rings. The molecule has 1 aromatic carbocycles. The van der Waals surface area contributed by atoms with Gasteiger partial charge in [0.2, 0.25) is 0 Å². The van der Waals surface area contributed by atoms with Crippen molar-refractivity contribution >= 4 is 6.29 Å². The fourth-order valence-electron chi connectivity index (χ4n) is 1.25. The number of rotatable bonds is 5. The minimum atomic E-state index is -0.407. The van der Waals surface area contributed by atoms with Crippen LogP contribution in [0.15, 0.2) is 30.3 Å². The molecule has 0 N–H and O–H groups in total. The Balaban J connectivity index is 1.83. The second kappa shape index (κ2) is 4.35. The van der Waals surface area contributed by atoms with E-state index in [9.17, 15) is 4.79 Å². The maximum absolute atomic E-state index is 10.6. The quantitative estimate of drug-likeness (QED) is 0.519. The Bertz CT molecular complexity index is 293. The summed E-state index contributed by atoms with van der Waals surface area (Å²) in [5, 5.41) is 0. The van der Waals surface area contributed by atoms with Gasteiger partial charge in [-0.1, -0.05) is 30.3 Å². The van der Waals surface area contributed by atoms with Crippen molar-refractivity contribution in [2.75, 3.05) is 6.61 Å². The summed E-state index contributed by atoms with van der Waals surface area (Å²) in [6.45, 7) is 1.10. The predicted octanol–water partition coefficient (Wildman–Crippen LogP) is 1.17. The van der Waals surface area contributed by atoms with Crippen LogP contribution in [-0.2, 0) is 20.9 Å². The molecule has 0 radical (unpaired) electrons. The normalized spacial score (nSPS) is 21.6. The second-order valence-electron chi connectivity index (χ2n) is 3.27. The molecule has 1 fully saturated rings. The van der Waals surface area contributed by atoms with Crippen LogP contribution < -0.4 is 0 Å². The highest BCUT2D eigenvalue weighted by Crippen LogP contribution is 2.16. The van der Waals surface area contributed by atoms with Gasteiger partial charge in [0.1, 0.15) is 12.2 Å². The molecule has 2 rings (SSSR count). The van der Waals surface area contributed by atoms with E-state index in [-0.39, 0.29) is 6.10 Å². The summed E-state index contributed by atoms with van der Waals surface area (Å²) in [5.41, 5.74) is 1.07. The van der Waals surface area contributed by atoms with Gasteiger partial charge in [0.05, 0.1) is 13.2 Å². The number of aldehydes is 1. The fourth-order valence-corrected chi connectivity index (χ4v) is 1.25. The Hall–Kier alpha value is -1.19. The van der Waals surface area contributed by atoms with E-state index in [0.717, 1.165) is 11.8 Å². The Kier molecular flexibility index (Phi) is 2.91. The lowest BCUT2D eigenvalue weighted by Gasteiger charge is -2.08. The van der Waals surface area contributed by atoms with Gasteiger partial charge >= 0.3 is 0 Å². The molecule has 1 heterocycles. The molecular formula is C11H12O3. The Morgan fingerprint density at radius 1 is 1.50 bits per heavy atom. The van der Waals surface area contributed by atoms with Gasteiger partial charge < -0.3 is 14.3 Å². The average Bonchev–Trinajstić information content (AvgIpc) is 3.05. The van der Waals surface area contributed by atoms with Gasteiger partial charge in [-0.25, -0.2) is 0 Å². The Morgan fingerprint density at radius 2 is 2.21 bits per heavy atom. The SMILES string of the molecule is O=CC(OCc1ccccc1)C1CO1. The first kappa shape index (κ1) is 9.37. The molecule has 0 aliphatic carbocycles. The molecule has 0 bridgehead atoms. The summed E-state index contributed by atoms with van der Waals surface area (Å²) < 4.78 is 10.4. The van der Waals surface area contributed by atoms with Gasteiger partial charge in [0, 0.05) is 0 Å². The minimum Gasteiger partial charge on any atom is -0.370 e. The van der Waals surface area contributed by atoms with Gasteiger partial charge in [-0.2, -0.15) is 0 Å². The zero-order valence-corrected chi connectivity index (χ0v) is 7.76. The third-order valence-corrected chi connectivity index (χ3v) is 2.14. The highest BCUT2D eigenvalue weighted by atomic mass is 16.6.